The van der Waals surface area contributed by atoms with Crippen LogP contribution in [0.5, 0.6) is 5.75 Å². The lowest BCUT2D eigenvalue weighted by Gasteiger charge is -2.35. The first kappa shape index (κ1) is 19.2. The summed E-state index contributed by atoms with van der Waals surface area (Å²) in [7, 11) is 0. The van der Waals surface area contributed by atoms with E-state index in [9.17, 15) is 17.6 Å². The van der Waals surface area contributed by atoms with Crippen molar-refractivity contribution in [2.24, 2.45) is 10.7 Å². The fourth-order valence-corrected chi connectivity index (χ4v) is 2.87. The Labute approximate surface area is 154 Å². The Morgan fingerprint density at radius 2 is 2.15 bits per heavy atom. The molecule has 1 aromatic rings. The lowest BCUT2D eigenvalue weighted by Crippen LogP contribution is -2.53. The molecule has 2 unspecified atom stereocenters. The van der Waals surface area contributed by atoms with Crippen LogP contribution in [0.25, 0.3) is 6.08 Å². The number of nitrogens with one attached hydrogen (secondary N) is 2. The molecule has 146 valence electrons. The quantitative estimate of drug-likeness (QED) is 0.698. The summed E-state index contributed by atoms with van der Waals surface area (Å²) in [6.45, 7) is 2.80. The predicted molar refractivity (Wildman–Crippen MR) is 94.6 cm³/mol. The smallest absolute Gasteiger partial charge is 0.420 e. The van der Waals surface area contributed by atoms with Gasteiger partial charge in [0.15, 0.2) is 5.96 Å². The Hall–Kier alpha value is -2.55. The summed E-state index contributed by atoms with van der Waals surface area (Å²) in [5.41, 5.74) is 4.25. The summed E-state index contributed by atoms with van der Waals surface area (Å²) in [5.74, 6) is -0.764. The summed E-state index contributed by atoms with van der Waals surface area (Å²) in [4.78, 5) is 4.11. The molecule has 2 aliphatic heterocycles. The van der Waals surface area contributed by atoms with E-state index in [-0.39, 0.29) is 5.56 Å². The molecule has 0 amide bonds. The number of nitrogens with zero attached hydrogens (tertiary/aromatic N) is 1. The number of hydrogen-bond donors (Lipinski definition) is 3. The van der Waals surface area contributed by atoms with Crippen molar-refractivity contribution < 1.29 is 22.3 Å². The standard InChI is InChI=1S/C18H20F4N4O/c1-17(23,5-8-26-16-24-6-2-7-25-16)14-4-3-11-9-12(19)10-13(15(11)27-14)18(20,21)22/h2-4,6,9-10,14H,5,7-8,23H2,1H3,(H2,24,25,26). The predicted octanol–water partition coefficient (Wildman–Crippen LogP) is 2.79. The Bertz CT molecular complexity index is 799. The molecule has 2 atom stereocenters. The SMILES string of the molecule is CC(N)(CCNC1=NC=CCN1)C1C=Cc2cc(F)cc(C(F)(F)F)c2O1. The summed E-state index contributed by atoms with van der Waals surface area (Å²) >= 11 is 0. The van der Waals surface area contributed by atoms with E-state index < -0.39 is 34.9 Å². The van der Waals surface area contributed by atoms with Gasteiger partial charge in [0.05, 0.1) is 5.54 Å². The third-order valence-corrected chi connectivity index (χ3v) is 4.39. The number of ether oxygens (including phenoxy) is 1. The van der Waals surface area contributed by atoms with E-state index in [1.807, 2.05) is 6.08 Å². The molecule has 0 saturated carbocycles. The van der Waals surface area contributed by atoms with E-state index in [1.165, 1.54) is 6.08 Å². The number of rotatable bonds is 4. The van der Waals surface area contributed by atoms with Gasteiger partial charge in [-0.15, -0.1) is 0 Å². The van der Waals surface area contributed by atoms with Gasteiger partial charge in [-0.25, -0.2) is 9.38 Å². The van der Waals surface area contributed by atoms with Crippen molar-refractivity contribution in [3.8, 4) is 5.75 Å². The van der Waals surface area contributed by atoms with Crippen molar-refractivity contribution in [1.82, 2.24) is 10.6 Å². The van der Waals surface area contributed by atoms with E-state index in [2.05, 4.69) is 15.6 Å². The Kier molecular flexibility index (Phi) is 5.14. The highest BCUT2D eigenvalue weighted by Gasteiger charge is 2.40. The van der Waals surface area contributed by atoms with Gasteiger partial charge in [-0.2, -0.15) is 13.2 Å². The average Bonchev–Trinajstić information content (AvgIpc) is 2.60. The van der Waals surface area contributed by atoms with Gasteiger partial charge < -0.3 is 21.1 Å². The summed E-state index contributed by atoms with van der Waals surface area (Å²) < 4.78 is 58.8. The van der Waals surface area contributed by atoms with Crippen LogP contribution >= 0.6 is 0 Å². The highest BCUT2D eigenvalue weighted by molar-refractivity contribution is 5.81. The number of benzene rings is 1. The molecule has 2 heterocycles. The molecule has 0 bridgehead atoms. The summed E-state index contributed by atoms with van der Waals surface area (Å²) in [6.07, 6.45) is 1.38. The zero-order valence-electron chi connectivity index (χ0n) is 14.6. The fourth-order valence-electron chi connectivity index (χ4n) is 2.87. The Balaban J connectivity index is 1.72. The Morgan fingerprint density at radius 1 is 1.37 bits per heavy atom. The van der Waals surface area contributed by atoms with Crippen LogP contribution in [0.3, 0.4) is 0 Å². The van der Waals surface area contributed by atoms with Crippen LogP contribution in [0.2, 0.25) is 0 Å². The first-order valence-electron chi connectivity index (χ1n) is 8.42. The number of fused-ring (bicyclic) bond motifs is 1. The first-order chi connectivity index (χ1) is 12.7. The second kappa shape index (κ2) is 7.22. The van der Waals surface area contributed by atoms with Gasteiger partial charge in [0, 0.05) is 24.9 Å². The summed E-state index contributed by atoms with van der Waals surface area (Å²) in [6, 6.07) is 1.44. The van der Waals surface area contributed by atoms with E-state index in [0.717, 1.165) is 6.07 Å². The van der Waals surface area contributed by atoms with Gasteiger partial charge in [0.1, 0.15) is 23.2 Å². The monoisotopic (exact) mass is 384 g/mol. The van der Waals surface area contributed by atoms with Gasteiger partial charge in [-0.3, -0.25) is 0 Å². The van der Waals surface area contributed by atoms with Crippen molar-refractivity contribution in [2.45, 2.75) is 31.2 Å². The van der Waals surface area contributed by atoms with Gasteiger partial charge in [-0.1, -0.05) is 6.08 Å². The molecule has 1 aromatic carbocycles. The molecule has 0 fully saturated rings. The maximum absolute atomic E-state index is 13.5. The second-order valence-corrected chi connectivity index (χ2v) is 6.69. The normalized spacial score (nSPS) is 20.8. The third-order valence-electron chi connectivity index (χ3n) is 4.39. The highest BCUT2D eigenvalue weighted by Crippen LogP contribution is 2.42. The second-order valence-electron chi connectivity index (χ2n) is 6.69. The molecule has 9 heteroatoms. The minimum absolute atomic E-state index is 0.0417. The largest absolute Gasteiger partial charge is 0.483 e. The minimum atomic E-state index is -4.73. The van der Waals surface area contributed by atoms with Crippen molar-refractivity contribution >= 4 is 12.0 Å². The van der Waals surface area contributed by atoms with Gasteiger partial charge in [0.2, 0.25) is 0 Å². The molecule has 5 nitrogen and oxygen atoms in total. The van der Waals surface area contributed by atoms with Crippen LogP contribution in [0.15, 0.2) is 35.5 Å². The highest BCUT2D eigenvalue weighted by atomic mass is 19.4. The number of halogens is 4. The summed E-state index contributed by atoms with van der Waals surface area (Å²) in [5, 5.41) is 6.11. The van der Waals surface area contributed by atoms with Gasteiger partial charge in [-0.05, 0) is 37.6 Å². The van der Waals surface area contributed by atoms with E-state index in [0.29, 0.717) is 31.5 Å². The molecule has 3 rings (SSSR count). The van der Waals surface area contributed by atoms with Crippen molar-refractivity contribution in [3.05, 3.63) is 47.4 Å². The zero-order chi connectivity index (χ0) is 19.7. The molecule has 0 saturated heterocycles. The average molecular weight is 384 g/mol. The van der Waals surface area contributed by atoms with Crippen molar-refractivity contribution in [2.75, 3.05) is 13.1 Å². The lowest BCUT2D eigenvalue weighted by molar-refractivity contribution is -0.139. The van der Waals surface area contributed by atoms with E-state index in [1.54, 1.807) is 19.2 Å². The Morgan fingerprint density at radius 3 is 2.81 bits per heavy atom. The van der Waals surface area contributed by atoms with Crippen LogP contribution < -0.4 is 21.1 Å². The fraction of sp³-hybridized carbons (Fsp3) is 0.389. The van der Waals surface area contributed by atoms with Gasteiger partial charge >= 0.3 is 6.18 Å². The van der Waals surface area contributed by atoms with Crippen molar-refractivity contribution in [1.29, 1.82) is 0 Å². The van der Waals surface area contributed by atoms with E-state index >= 15 is 0 Å². The molecule has 27 heavy (non-hydrogen) atoms. The molecule has 0 aliphatic carbocycles. The lowest BCUT2D eigenvalue weighted by atomic mass is 9.89. The van der Waals surface area contributed by atoms with E-state index in [4.69, 9.17) is 10.5 Å². The molecule has 4 N–H and O–H groups in total. The third kappa shape index (κ3) is 4.41. The number of alkyl halides is 3. The van der Waals surface area contributed by atoms with Crippen LogP contribution in [-0.4, -0.2) is 30.7 Å². The van der Waals surface area contributed by atoms with Crippen LogP contribution in [0.1, 0.15) is 24.5 Å². The molecular formula is C18H20F4N4O. The molecule has 2 aliphatic rings. The number of hydrogen-bond acceptors (Lipinski definition) is 5. The van der Waals surface area contributed by atoms with Crippen LogP contribution in [0, 0.1) is 5.82 Å². The van der Waals surface area contributed by atoms with Crippen molar-refractivity contribution in [3.63, 3.8) is 0 Å². The number of aliphatic imine (C=N–C) groups is 1. The first-order valence-corrected chi connectivity index (χ1v) is 8.42. The molecular weight excluding hydrogens is 364 g/mol. The number of guanidine groups is 1. The maximum Gasteiger partial charge on any atom is 0.420 e. The van der Waals surface area contributed by atoms with Crippen LogP contribution in [-0.2, 0) is 6.18 Å². The zero-order valence-corrected chi connectivity index (χ0v) is 14.6. The minimum Gasteiger partial charge on any atom is -0.483 e. The van der Waals surface area contributed by atoms with Crippen LogP contribution in [0.4, 0.5) is 17.6 Å². The molecule has 0 spiro atoms. The molecule has 0 aromatic heterocycles. The number of nitrogens with two attached hydrogens (primary N) is 1. The molecule has 0 radical (unpaired) electrons. The topological polar surface area (TPSA) is 71.7 Å². The maximum atomic E-state index is 13.5. The van der Waals surface area contributed by atoms with Gasteiger partial charge in [0.25, 0.3) is 0 Å².